The van der Waals surface area contributed by atoms with Crippen LogP contribution >= 0.6 is 0 Å². The fraction of sp³-hybridized carbons (Fsp3) is 0. The van der Waals surface area contributed by atoms with Crippen molar-refractivity contribution in [2.24, 2.45) is 0 Å². The first-order chi connectivity index (χ1) is 24.8. The molecule has 0 aliphatic rings. The van der Waals surface area contributed by atoms with Gasteiger partial charge in [0.25, 0.3) is 0 Å². The van der Waals surface area contributed by atoms with Crippen molar-refractivity contribution in [2.75, 3.05) is 0 Å². The van der Waals surface area contributed by atoms with Crippen molar-refractivity contribution < 1.29 is 0 Å². The van der Waals surface area contributed by atoms with Crippen LogP contribution < -0.4 is 0 Å². The van der Waals surface area contributed by atoms with Gasteiger partial charge in [0.05, 0.1) is 34.2 Å². The third-order valence-corrected chi connectivity index (χ3v) is 8.97. The van der Waals surface area contributed by atoms with E-state index >= 15 is 0 Å². The minimum absolute atomic E-state index is 0.865. The van der Waals surface area contributed by atoms with Gasteiger partial charge in [0.2, 0.25) is 0 Å². The van der Waals surface area contributed by atoms with Gasteiger partial charge in [0.1, 0.15) is 0 Å². The predicted molar refractivity (Wildman–Crippen MR) is 201 cm³/mol. The molecular weight excluding hydrogens is 613 g/mol. The Morgan fingerprint density at radius 3 is 1.10 bits per heavy atom. The molecule has 0 fully saturated rings. The highest BCUT2D eigenvalue weighted by molar-refractivity contribution is 6.18. The molecule has 6 heteroatoms. The third kappa shape index (κ3) is 5.35. The third-order valence-electron chi connectivity index (χ3n) is 8.97. The zero-order valence-electron chi connectivity index (χ0n) is 26.8. The second kappa shape index (κ2) is 12.6. The van der Waals surface area contributed by atoms with Gasteiger partial charge in [-0.25, -0.2) is 15.0 Å². The summed E-state index contributed by atoms with van der Waals surface area (Å²) in [5.41, 5.74) is 11.3. The smallest absolute Gasteiger partial charge is 0.0725 e. The van der Waals surface area contributed by atoms with E-state index < -0.39 is 0 Å². The predicted octanol–water partition coefficient (Wildman–Crippen LogP) is 10.4. The zero-order chi connectivity index (χ0) is 33.3. The van der Waals surface area contributed by atoms with Crippen LogP contribution in [0.15, 0.2) is 171 Å². The van der Waals surface area contributed by atoms with Gasteiger partial charge in [-0.05, 0) is 100 Å². The second-order valence-corrected chi connectivity index (χ2v) is 12.0. The lowest BCUT2D eigenvalue weighted by atomic mass is 9.88. The molecule has 0 radical (unpaired) electrons. The summed E-state index contributed by atoms with van der Waals surface area (Å²) in [5.74, 6) is 0. The topological polar surface area (TPSA) is 77.3 Å². The summed E-state index contributed by atoms with van der Waals surface area (Å²) in [6.07, 6.45) is 10.9. The molecule has 0 amide bonds. The first kappa shape index (κ1) is 29.2. The quantitative estimate of drug-likeness (QED) is 0.168. The SMILES string of the molecule is c1cncc(-c2cccc(-c3cccc4c(-c5cccc(-c6cccnc6)n5)c5cccc(-c6cccc(-c7cccnc7)n6)c5cc34)n2)c1. The van der Waals surface area contributed by atoms with Crippen LogP contribution in [0.3, 0.4) is 0 Å². The molecule has 0 saturated carbocycles. The summed E-state index contributed by atoms with van der Waals surface area (Å²) in [6.45, 7) is 0. The molecule has 0 saturated heterocycles. The Kier molecular flexibility index (Phi) is 7.37. The molecule has 0 unspecified atom stereocenters. The zero-order valence-corrected chi connectivity index (χ0v) is 26.8. The van der Waals surface area contributed by atoms with Crippen LogP contribution in [0.2, 0.25) is 0 Å². The van der Waals surface area contributed by atoms with Crippen LogP contribution in [0.5, 0.6) is 0 Å². The van der Waals surface area contributed by atoms with Gasteiger partial charge in [-0.2, -0.15) is 0 Å². The molecule has 3 aromatic carbocycles. The normalized spacial score (nSPS) is 11.2. The van der Waals surface area contributed by atoms with Crippen molar-refractivity contribution >= 4 is 21.5 Å². The minimum Gasteiger partial charge on any atom is -0.264 e. The molecule has 0 atom stereocenters. The average molecular weight is 641 g/mol. The number of hydrogen-bond donors (Lipinski definition) is 0. The number of aromatic nitrogens is 6. The number of fused-ring (bicyclic) bond motifs is 2. The van der Waals surface area contributed by atoms with Gasteiger partial charge in [-0.3, -0.25) is 15.0 Å². The van der Waals surface area contributed by atoms with Gasteiger partial charge in [0, 0.05) is 70.6 Å². The summed E-state index contributed by atoms with van der Waals surface area (Å²) in [4.78, 5) is 28.5. The Morgan fingerprint density at radius 2 is 0.680 bits per heavy atom. The van der Waals surface area contributed by atoms with Crippen LogP contribution in [0.25, 0.3) is 89.1 Å². The molecule has 6 nitrogen and oxygen atoms in total. The lowest BCUT2D eigenvalue weighted by Gasteiger charge is -2.17. The van der Waals surface area contributed by atoms with Crippen LogP contribution in [-0.4, -0.2) is 29.9 Å². The van der Waals surface area contributed by atoms with E-state index in [1.807, 2.05) is 73.2 Å². The first-order valence-corrected chi connectivity index (χ1v) is 16.4. The molecule has 0 aliphatic carbocycles. The summed E-state index contributed by atoms with van der Waals surface area (Å²) >= 11 is 0. The van der Waals surface area contributed by atoms with E-state index in [2.05, 4.69) is 93.8 Å². The molecular formula is C44H28N6. The van der Waals surface area contributed by atoms with Gasteiger partial charge < -0.3 is 0 Å². The highest BCUT2D eigenvalue weighted by Crippen LogP contribution is 2.43. The second-order valence-electron chi connectivity index (χ2n) is 12.0. The Balaban J connectivity index is 1.32. The largest absolute Gasteiger partial charge is 0.264 e. The average Bonchev–Trinajstić information content (AvgIpc) is 3.20. The van der Waals surface area contributed by atoms with E-state index in [1.165, 1.54) is 0 Å². The van der Waals surface area contributed by atoms with Crippen LogP contribution in [0.1, 0.15) is 0 Å². The summed E-state index contributed by atoms with van der Waals surface area (Å²) in [5, 5.41) is 4.34. The van der Waals surface area contributed by atoms with Gasteiger partial charge in [-0.15, -0.1) is 0 Å². The summed E-state index contributed by atoms with van der Waals surface area (Å²) in [7, 11) is 0. The van der Waals surface area contributed by atoms with Crippen LogP contribution in [0.4, 0.5) is 0 Å². The van der Waals surface area contributed by atoms with Crippen molar-refractivity contribution in [3.8, 4) is 67.5 Å². The molecule has 0 N–H and O–H groups in total. The standard InChI is InChI=1S/C44H28N6/c1-12-32(41-19-3-16-38(48-41)29-9-6-22-45-26-29)36-25-37-33(42-20-4-17-39(49-42)30-10-7-23-46-27-30)13-2-15-35(37)44(34(36)14-1)43-21-5-18-40(50-43)31-11-8-24-47-28-31/h1-28H. The van der Waals surface area contributed by atoms with E-state index in [0.717, 1.165) is 89.1 Å². The summed E-state index contributed by atoms with van der Waals surface area (Å²) in [6, 6.07) is 45.6. The molecule has 6 aromatic heterocycles. The van der Waals surface area contributed by atoms with Crippen molar-refractivity contribution in [1.29, 1.82) is 0 Å². The van der Waals surface area contributed by atoms with E-state index in [9.17, 15) is 0 Å². The minimum atomic E-state index is 0.865. The number of nitrogens with zero attached hydrogens (tertiary/aromatic N) is 6. The first-order valence-electron chi connectivity index (χ1n) is 16.4. The Morgan fingerprint density at radius 1 is 0.300 bits per heavy atom. The number of benzene rings is 3. The maximum absolute atomic E-state index is 5.24. The Labute approximate surface area is 288 Å². The van der Waals surface area contributed by atoms with Crippen LogP contribution in [0, 0.1) is 0 Å². The number of rotatable bonds is 6. The highest BCUT2D eigenvalue weighted by atomic mass is 14.7. The van der Waals surface area contributed by atoms with E-state index in [0.29, 0.717) is 0 Å². The number of pyridine rings is 6. The lowest BCUT2D eigenvalue weighted by Crippen LogP contribution is -1.95. The fourth-order valence-electron chi connectivity index (χ4n) is 6.66. The van der Waals surface area contributed by atoms with Gasteiger partial charge in [0.15, 0.2) is 0 Å². The van der Waals surface area contributed by atoms with Gasteiger partial charge in [-0.1, -0.05) is 54.6 Å². The van der Waals surface area contributed by atoms with E-state index in [4.69, 9.17) is 15.0 Å². The molecule has 9 aromatic rings. The molecule has 0 bridgehead atoms. The molecule has 6 heterocycles. The Bertz CT molecular complexity index is 2500. The monoisotopic (exact) mass is 640 g/mol. The van der Waals surface area contributed by atoms with Crippen molar-refractivity contribution in [2.45, 2.75) is 0 Å². The van der Waals surface area contributed by atoms with Crippen molar-refractivity contribution in [1.82, 2.24) is 29.9 Å². The maximum atomic E-state index is 5.24. The van der Waals surface area contributed by atoms with E-state index in [-0.39, 0.29) is 0 Å². The molecule has 9 rings (SSSR count). The van der Waals surface area contributed by atoms with E-state index in [1.54, 1.807) is 18.6 Å². The molecule has 234 valence electrons. The number of hydrogen-bond acceptors (Lipinski definition) is 6. The van der Waals surface area contributed by atoms with Crippen molar-refractivity contribution in [3.05, 3.63) is 171 Å². The summed E-state index contributed by atoms with van der Waals surface area (Å²) < 4.78 is 0. The van der Waals surface area contributed by atoms with Gasteiger partial charge >= 0.3 is 0 Å². The van der Waals surface area contributed by atoms with Crippen LogP contribution in [-0.2, 0) is 0 Å². The maximum Gasteiger partial charge on any atom is 0.0725 e. The Hall–Kier alpha value is -6.92. The molecule has 50 heavy (non-hydrogen) atoms. The molecule has 0 aliphatic heterocycles. The highest BCUT2D eigenvalue weighted by Gasteiger charge is 2.18. The van der Waals surface area contributed by atoms with Crippen molar-refractivity contribution in [3.63, 3.8) is 0 Å². The molecule has 0 spiro atoms. The lowest BCUT2D eigenvalue weighted by molar-refractivity contribution is 1.28. The fourth-order valence-corrected chi connectivity index (χ4v) is 6.66.